The van der Waals surface area contributed by atoms with Crippen LogP contribution in [0.15, 0.2) is 12.3 Å². The number of urea groups is 1. The van der Waals surface area contributed by atoms with Gasteiger partial charge in [-0.3, -0.25) is 5.32 Å². The summed E-state index contributed by atoms with van der Waals surface area (Å²) in [5.41, 5.74) is 2.29. The van der Waals surface area contributed by atoms with Crippen molar-refractivity contribution in [1.29, 1.82) is 0 Å². The van der Waals surface area contributed by atoms with E-state index in [9.17, 15) is 4.79 Å². The third-order valence-electron chi connectivity index (χ3n) is 6.13. The average Bonchev–Trinajstić information content (AvgIpc) is 3.39. The third-order valence-corrected chi connectivity index (χ3v) is 7.14. The number of nitrogens with zero attached hydrogens (tertiary/aromatic N) is 3. The Hall–Kier alpha value is -2.23. The minimum absolute atomic E-state index is 0.0521. The molecule has 3 aliphatic heterocycles. The molecule has 2 aromatic heterocycles. The van der Waals surface area contributed by atoms with Crippen LogP contribution in [0.3, 0.4) is 0 Å². The molecule has 1 N–H and O–H groups in total. The number of hydrogen-bond acceptors (Lipinski definition) is 7. The van der Waals surface area contributed by atoms with Crippen molar-refractivity contribution in [3.05, 3.63) is 17.8 Å². The summed E-state index contributed by atoms with van der Waals surface area (Å²) in [7, 11) is -2.65. The molecule has 0 aromatic carbocycles. The van der Waals surface area contributed by atoms with Crippen LogP contribution in [0.4, 0.5) is 9.93 Å². The predicted molar refractivity (Wildman–Crippen MR) is 115 cm³/mol. The Bertz CT molecular complexity index is 1080. The summed E-state index contributed by atoms with van der Waals surface area (Å²) in [5.74, 6) is -0.0716. The maximum Gasteiger partial charge on any atom is 0.323 e. The highest BCUT2D eigenvalue weighted by Crippen LogP contribution is 2.40. The SMILES string of the molecule is [2H]C([2H])([2H])Oc1ncc(C2=CCOCC2)c2sc(NC(=O)N3CC[C@@]4(CCCOC4)C3)nc12. The van der Waals surface area contributed by atoms with Gasteiger partial charge < -0.3 is 19.1 Å². The van der Waals surface area contributed by atoms with Crippen LogP contribution in [0, 0.1) is 5.41 Å². The lowest BCUT2D eigenvalue weighted by Gasteiger charge is -2.32. The lowest BCUT2D eigenvalue weighted by molar-refractivity contribution is -0.000213. The minimum Gasteiger partial charge on any atom is -0.479 e. The lowest BCUT2D eigenvalue weighted by Crippen LogP contribution is -2.38. The van der Waals surface area contributed by atoms with E-state index in [2.05, 4.69) is 15.3 Å². The molecule has 2 saturated heterocycles. The zero-order valence-corrected chi connectivity index (χ0v) is 17.4. The van der Waals surface area contributed by atoms with Crippen molar-refractivity contribution in [2.45, 2.75) is 25.7 Å². The Labute approximate surface area is 183 Å². The van der Waals surface area contributed by atoms with E-state index in [0.29, 0.717) is 50.0 Å². The number of ether oxygens (including phenoxy) is 3. The summed E-state index contributed by atoms with van der Waals surface area (Å²) in [6.45, 7) is 3.93. The maximum absolute atomic E-state index is 13.0. The predicted octanol–water partition coefficient (Wildman–Crippen LogP) is 3.54. The summed E-state index contributed by atoms with van der Waals surface area (Å²) < 4.78 is 39.3. The first-order valence-corrected chi connectivity index (χ1v) is 11.0. The number of hydrogen-bond donors (Lipinski definition) is 1. The number of carbonyl (C=O) groups excluding carboxylic acids is 1. The van der Waals surface area contributed by atoms with E-state index in [-0.39, 0.29) is 17.3 Å². The standard InChI is InChI=1S/C21H26N4O4S/c1-27-18-16-17(15(11-22-18)14-3-9-28-10-4-14)30-19(23-16)24-20(26)25-7-6-21(12-25)5-2-8-29-13-21/h3,11H,2,4-10,12-13H2,1H3,(H,23,24,26)/t21-/m0/s1/i1D3. The van der Waals surface area contributed by atoms with E-state index < -0.39 is 7.04 Å². The topological polar surface area (TPSA) is 85.8 Å². The van der Waals surface area contributed by atoms with Crippen LogP contribution in [0.2, 0.25) is 0 Å². The lowest BCUT2D eigenvalue weighted by atomic mass is 9.82. The molecular weight excluding hydrogens is 404 g/mol. The molecule has 0 saturated carbocycles. The Kier molecular flexibility index (Phi) is 4.46. The second-order valence-electron chi connectivity index (χ2n) is 8.09. The number of thiazole rings is 1. The van der Waals surface area contributed by atoms with Crippen molar-refractivity contribution in [3.63, 3.8) is 0 Å². The molecular formula is C21H26N4O4S. The molecule has 2 aromatic rings. The summed E-state index contributed by atoms with van der Waals surface area (Å²) in [4.78, 5) is 23.5. The van der Waals surface area contributed by atoms with E-state index in [1.807, 2.05) is 6.08 Å². The van der Waals surface area contributed by atoms with Gasteiger partial charge in [0.2, 0.25) is 5.88 Å². The smallest absolute Gasteiger partial charge is 0.323 e. The van der Waals surface area contributed by atoms with Gasteiger partial charge >= 0.3 is 6.03 Å². The Morgan fingerprint density at radius 1 is 1.40 bits per heavy atom. The number of methoxy groups -OCH3 is 1. The molecule has 160 valence electrons. The van der Waals surface area contributed by atoms with E-state index in [0.717, 1.165) is 41.7 Å². The van der Waals surface area contributed by atoms with E-state index in [4.69, 9.17) is 18.3 Å². The quantitative estimate of drug-likeness (QED) is 0.797. The number of nitrogens with one attached hydrogen (secondary N) is 1. The highest BCUT2D eigenvalue weighted by atomic mass is 32.1. The molecule has 2 amide bonds. The summed E-state index contributed by atoms with van der Waals surface area (Å²) in [6, 6.07) is -0.213. The van der Waals surface area contributed by atoms with Crippen LogP contribution in [-0.4, -0.2) is 67.5 Å². The first-order valence-electron chi connectivity index (χ1n) is 11.7. The van der Waals surface area contributed by atoms with Crippen LogP contribution in [-0.2, 0) is 9.47 Å². The second-order valence-corrected chi connectivity index (χ2v) is 9.09. The van der Waals surface area contributed by atoms with Gasteiger partial charge in [-0.15, -0.1) is 0 Å². The molecule has 30 heavy (non-hydrogen) atoms. The van der Waals surface area contributed by atoms with Gasteiger partial charge in [0.25, 0.3) is 0 Å². The van der Waals surface area contributed by atoms with Crippen LogP contribution >= 0.6 is 11.3 Å². The molecule has 1 atom stereocenters. The Morgan fingerprint density at radius 2 is 2.37 bits per heavy atom. The monoisotopic (exact) mass is 433 g/mol. The number of amides is 2. The van der Waals surface area contributed by atoms with Crippen LogP contribution in [0.5, 0.6) is 5.88 Å². The van der Waals surface area contributed by atoms with Crippen molar-refractivity contribution in [2.24, 2.45) is 5.41 Å². The van der Waals surface area contributed by atoms with Crippen molar-refractivity contribution < 1.29 is 23.1 Å². The van der Waals surface area contributed by atoms with Gasteiger partial charge in [-0.2, -0.15) is 0 Å². The molecule has 0 bridgehead atoms. The van der Waals surface area contributed by atoms with Crippen LogP contribution in [0.25, 0.3) is 15.8 Å². The van der Waals surface area contributed by atoms with Crippen LogP contribution < -0.4 is 10.1 Å². The van der Waals surface area contributed by atoms with E-state index in [1.54, 1.807) is 11.1 Å². The van der Waals surface area contributed by atoms with Crippen LogP contribution in [0.1, 0.15) is 35.4 Å². The van der Waals surface area contributed by atoms with Gasteiger partial charge in [0.1, 0.15) is 5.52 Å². The normalized spacial score (nSPS) is 26.2. The molecule has 0 radical (unpaired) electrons. The number of aromatic nitrogens is 2. The largest absolute Gasteiger partial charge is 0.479 e. The molecule has 1 spiro atoms. The zero-order valence-electron chi connectivity index (χ0n) is 19.6. The van der Waals surface area contributed by atoms with Gasteiger partial charge in [0.05, 0.1) is 35.7 Å². The Balaban J connectivity index is 1.41. The second kappa shape index (κ2) is 8.13. The first kappa shape index (κ1) is 16.5. The number of rotatable bonds is 3. The molecule has 0 aliphatic carbocycles. The number of likely N-dealkylation sites (tertiary alicyclic amines) is 1. The van der Waals surface area contributed by atoms with Gasteiger partial charge in [-0.25, -0.2) is 14.8 Å². The average molecular weight is 434 g/mol. The van der Waals surface area contributed by atoms with Gasteiger partial charge in [-0.05, 0) is 31.3 Å². The summed E-state index contributed by atoms with van der Waals surface area (Å²) in [5, 5.41) is 3.28. The zero-order chi connectivity index (χ0) is 23.1. The summed E-state index contributed by atoms with van der Waals surface area (Å²) in [6.07, 6.45) is 7.34. The summed E-state index contributed by atoms with van der Waals surface area (Å²) >= 11 is 1.29. The highest BCUT2D eigenvalue weighted by molar-refractivity contribution is 7.22. The van der Waals surface area contributed by atoms with Crippen molar-refractivity contribution in [3.8, 4) is 5.88 Å². The molecule has 8 nitrogen and oxygen atoms in total. The first-order chi connectivity index (χ1) is 15.8. The Morgan fingerprint density at radius 3 is 3.17 bits per heavy atom. The molecule has 0 unspecified atom stereocenters. The third kappa shape index (κ3) is 3.66. The van der Waals surface area contributed by atoms with E-state index in [1.165, 1.54) is 11.3 Å². The minimum atomic E-state index is -2.65. The molecule has 3 aliphatic rings. The number of anilines is 1. The fourth-order valence-corrected chi connectivity index (χ4v) is 5.52. The van der Waals surface area contributed by atoms with Gasteiger partial charge in [-0.1, -0.05) is 17.4 Å². The molecule has 5 heterocycles. The fraction of sp³-hybridized carbons (Fsp3) is 0.571. The van der Waals surface area contributed by atoms with Gasteiger partial charge in [0.15, 0.2) is 5.13 Å². The number of carbonyl (C=O) groups is 1. The van der Waals surface area contributed by atoms with Crippen molar-refractivity contribution in [1.82, 2.24) is 14.9 Å². The highest BCUT2D eigenvalue weighted by Gasteiger charge is 2.41. The molecule has 9 heteroatoms. The van der Waals surface area contributed by atoms with Crippen molar-refractivity contribution >= 4 is 38.3 Å². The van der Waals surface area contributed by atoms with E-state index >= 15 is 0 Å². The van der Waals surface area contributed by atoms with Crippen molar-refractivity contribution in [2.75, 3.05) is 51.9 Å². The fourth-order valence-electron chi connectivity index (χ4n) is 4.53. The number of fused-ring (bicyclic) bond motifs is 1. The number of pyridine rings is 1. The maximum atomic E-state index is 13.0. The van der Waals surface area contributed by atoms with Gasteiger partial charge in [0, 0.05) is 36.9 Å². The molecule has 5 rings (SSSR count). The molecule has 2 fully saturated rings.